The van der Waals surface area contributed by atoms with E-state index in [0.29, 0.717) is 0 Å². The molecule has 5 nitrogen and oxygen atoms in total. The summed E-state index contributed by atoms with van der Waals surface area (Å²) in [6.45, 7) is -0.123. The standard InChI is InChI=1S/C10H9F3N2O3S/c11-10(12,13)6-3-19-7(15-6)2-14-8(16)4-1-5(4)9(17)18/h3-5H,1-2H2,(H,14,16)(H,17,18). The van der Waals surface area contributed by atoms with Crippen LogP contribution in [0, 0.1) is 11.8 Å². The van der Waals surface area contributed by atoms with Crippen LogP contribution in [0.2, 0.25) is 0 Å². The van der Waals surface area contributed by atoms with E-state index in [9.17, 15) is 22.8 Å². The summed E-state index contributed by atoms with van der Waals surface area (Å²) in [6, 6.07) is 0. The molecule has 1 aromatic rings. The summed E-state index contributed by atoms with van der Waals surface area (Å²) in [5.41, 5.74) is -0.989. The van der Waals surface area contributed by atoms with E-state index in [4.69, 9.17) is 5.11 Å². The molecule has 2 atom stereocenters. The second-order valence-electron chi connectivity index (χ2n) is 4.13. The summed E-state index contributed by atoms with van der Waals surface area (Å²) in [7, 11) is 0. The Morgan fingerprint density at radius 3 is 2.63 bits per heavy atom. The zero-order chi connectivity index (χ0) is 14.2. The third-order valence-electron chi connectivity index (χ3n) is 2.70. The van der Waals surface area contributed by atoms with Gasteiger partial charge in [-0.05, 0) is 6.42 Å². The number of amides is 1. The average Bonchev–Trinajstić information content (AvgIpc) is 2.96. The minimum atomic E-state index is -4.50. The van der Waals surface area contributed by atoms with Gasteiger partial charge in [0.25, 0.3) is 0 Å². The number of alkyl halides is 3. The first kappa shape index (κ1) is 13.8. The van der Waals surface area contributed by atoms with Crippen molar-refractivity contribution < 1.29 is 27.9 Å². The lowest BCUT2D eigenvalue weighted by Crippen LogP contribution is -2.26. The molecular weight excluding hydrogens is 285 g/mol. The van der Waals surface area contributed by atoms with Crippen LogP contribution in [0.5, 0.6) is 0 Å². The Kier molecular flexibility index (Phi) is 3.48. The Balaban J connectivity index is 1.85. The van der Waals surface area contributed by atoms with Crippen molar-refractivity contribution in [1.82, 2.24) is 10.3 Å². The van der Waals surface area contributed by atoms with Crippen molar-refractivity contribution in [2.75, 3.05) is 0 Å². The first-order valence-corrected chi connectivity index (χ1v) is 6.19. The quantitative estimate of drug-likeness (QED) is 0.882. The summed E-state index contributed by atoms with van der Waals surface area (Å²) >= 11 is 0.795. The predicted molar refractivity (Wildman–Crippen MR) is 58.2 cm³/mol. The maximum Gasteiger partial charge on any atom is 0.434 e. The Morgan fingerprint density at radius 2 is 2.16 bits per heavy atom. The number of thiazole rings is 1. The van der Waals surface area contributed by atoms with Gasteiger partial charge in [0.1, 0.15) is 5.01 Å². The van der Waals surface area contributed by atoms with Gasteiger partial charge in [0, 0.05) is 5.38 Å². The van der Waals surface area contributed by atoms with Crippen LogP contribution < -0.4 is 5.32 Å². The van der Waals surface area contributed by atoms with E-state index in [1.54, 1.807) is 0 Å². The number of carboxylic acid groups (broad SMARTS) is 1. The highest BCUT2D eigenvalue weighted by Crippen LogP contribution is 2.38. The highest BCUT2D eigenvalue weighted by atomic mass is 32.1. The molecule has 9 heteroatoms. The molecule has 0 spiro atoms. The van der Waals surface area contributed by atoms with Gasteiger partial charge in [-0.1, -0.05) is 0 Å². The molecule has 19 heavy (non-hydrogen) atoms. The van der Waals surface area contributed by atoms with Gasteiger partial charge >= 0.3 is 12.1 Å². The van der Waals surface area contributed by atoms with Crippen LogP contribution in [-0.4, -0.2) is 22.0 Å². The SMILES string of the molecule is O=C(O)C1CC1C(=O)NCc1nc(C(F)(F)F)cs1. The number of halogens is 3. The molecule has 0 aromatic carbocycles. The molecule has 0 radical (unpaired) electrons. The van der Waals surface area contributed by atoms with Crippen LogP contribution in [0.3, 0.4) is 0 Å². The first-order valence-electron chi connectivity index (χ1n) is 5.31. The fourth-order valence-corrected chi connectivity index (χ4v) is 2.31. The molecule has 0 bridgehead atoms. The molecule has 0 saturated heterocycles. The smallest absolute Gasteiger partial charge is 0.434 e. The number of aliphatic carboxylic acids is 1. The van der Waals surface area contributed by atoms with E-state index in [-0.39, 0.29) is 18.0 Å². The molecule has 1 aromatic heterocycles. The van der Waals surface area contributed by atoms with Gasteiger partial charge in [-0.3, -0.25) is 9.59 Å². The van der Waals surface area contributed by atoms with Crippen LogP contribution >= 0.6 is 11.3 Å². The van der Waals surface area contributed by atoms with E-state index in [0.717, 1.165) is 16.7 Å². The minimum absolute atomic E-state index is 0.123. The molecule has 1 heterocycles. The van der Waals surface area contributed by atoms with Gasteiger partial charge < -0.3 is 10.4 Å². The third-order valence-corrected chi connectivity index (χ3v) is 3.55. The van der Waals surface area contributed by atoms with Gasteiger partial charge in [-0.2, -0.15) is 13.2 Å². The lowest BCUT2D eigenvalue weighted by Gasteiger charge is -2.02. The van der Waals surface area contributed by atoms with E-state index in [1.165, 1.54) is 0 Å². The Bertz CT molecular complexity index is 514. The first-order chi connectivity index (χ1) is 8.79. The zero-order valence-electron chi connectivity index (χ0n) is 9.40. The summed E-state index contributed by atoms with van der Waals surface area (Å²) in [6.07, 6.45) is -4.23. The van der Waals surface area contributed by atoms with E-state index < -0.39 is 35.6 Å². The highest BCUT2D eigenvalue weighted by Gasteiger charge is 2.48. The largest absolute Gasteiger partial charge is 0.481 e. The lowest BCUT2D eigenvalue weighted by molar-refractivity contribution is -0.141. The second-order valence-corrected chi connectivity index (χ2v) is 5.07. The number of nitrogens with zero attached hydrogens (tertiary/aromatic N) is 1. The van der Waals surface area contributed by atoms with Gasteiger partial charge in [-0.25, -0.2) is 4.98 Å². The molecule has 1 amide bonds. The summed E-state index contributed by atoms with van der Waals surface area (Å²) < 4.78 is 36.8. The van der Waals surface area contributed by atoms with E-state index in [1.807, 2.05) is 0 Å². The average molecular weight is 294 g/mol. The van der Waals surface area contributed by atoms with E-state index in [2.05, 4.69) is 10.3 Å². The summed E-state index contributed by atoms with van der Waals surface area (Å²) in [5, 5.41) is 12.0. The summed E-state index contributed by atoms with van der Waals surface area (Å²) in [5.74, 6) is -2.76. The molecule has 2 rings (SSSR count). The van der Waals surface area contributed by atoms with Crippen molar-refractivity contribution in [3.05, 3.63) is 16.1 Å². The monoisotopic (exact) mass is 294 g/mol. The Hall–Kier alpha value is -1.64. The molecule has 1 fully saturated rings. The lowest BCUT2D eigenvalue weighted by atomic mass is 10.3. The fraction of sp³-hybridized carbons (Fsp3) is 0.500. The van der Waals surface area contributed by atoms with E-state index >= 15 is 0 Å². The van der Waals surface area contributed by atoms with Gasteiger partial charge in [-0.15, -0.1) is 11.3 Å². The molecule has 1 saturated carbocycles. The predicted octanol–water partition coefficient (Wildman–Crippen LogP) is 1.50. The number of aromatic nitrogens is 1. The number of carbonyl (C=O) groups excluding carboxylic acids is 1. The molecule has 2 N–H and O–H groups in total. The normalized spacial score (nSPS) is 22.1. The summed E-state index contributed by atoms with van der Waals surface area (Å²) in [4.78, 5) is 25.4. The Morgan fingerprint density at radius 1 is 1.47 bits per heavy atom. The minimum Gasteiger partial charge on any atom is -0.481 e. The number of carbonyl (C=O) groups is 2. The molecule has 1 aliphatic rings. The van der Waals surface area contributed by atoms with Crippen LogP contribution in [0.1, 0.15) is 17.1 Å². The molecular formula is C10H9F3N2O3S. The number of rotatable bonds is 4. The molecule has 2 unspecified atom stereocenters. The number of hydrogen-bond donors (Lipinski definition) is 2. The number of carboxylic acids is 1. The van der Waals surface area contributed by atoms with Crippen molar-refractivity contribution in [2.45, 2.75) is 19.1 Å². The molecule has 0 aliphatic heterocycles. The van der Waals surface area contributed by atoms with Crippen molar-refractivity contribution in [3.8, 4) is 0 Å². The van der Waals surface area contributed by atoms with Gasteiger partial charge in [0.2, 0.25) is 5.91 Å². The van der Waals surface area contributed by atoms with Crippen molar-refractivity contribution in [1.29, 1.82) is 0 Å². The van der Waals surface area contributed by atoms with Crippen molar-refractivity contribution in [3.63, 3.8) is 0 Å². The zero-order valence-corrected chi connectivity index (χ0v) is 10.2. The van der Waals surface area contributed by atoms with Gasteiger partial charge in [0.15, 0.2) is 5.69 Å². The van der Waals surface area contributed by atoms with Crippen LogP contribution in [0.25, 0.3) is 0 Å². The molecule has 104 valence electrons. The second kappa shape index (κ2) is 4.80. The maximum atomic E-state index is 12.3. The maximum absolute atomic E-state index is 12.3. The van der Waals surface area contributed by atoms with Crippen molar-refractivity contribution in [2.24, 2.45) is 11.8 Å². The van der Waals surface area contributed by atoms with Crippen LogP contribution in [-0.2, 0) is 22.3 Å². The third kappa shape index (κ3) is 3.22. The number of hydrogen-bond acceptors (Lipinski definition) is 4. The van der Waals surface area contributed by atoms with Crippen molar-refractivity contribution >= 4 is 23.2 Å². The van der Waals surface area contributed by atoms with Gasteiger partial charge in [0.05, 0.1) is 18.4 Å². The topological polar surface area (TPSA) is 79.3 Å². The molecule has 1 aliphatic carbocycles. The Labute approximate surface area is 109 Å². The fourth-order valence-electron chi connectivity index (χ4n) is 1.57. The highest BCUT2D eigenvalue weighted by molar-refractivity contribution is 7.09. The van der Waals surface area contributed by atoms with Crippen LogP contribution in [0.15, 0.2) is 5.38 Å². The van der Waals surface area contributed by atoms with Crippen LogP contribution in [0.4, 0.5) is 13.2 Å². The number of nitrogens with one attached hydrogen (secondary N) is 1.